The molecule has 2 saturated carbocycles. The maximum atomic E-state index is 13.9. The number of methoxy groups -OCH3 is 1. The Bertz CT molecular complexity index is 1580. The maximum absolute atomic E-state index is 13.9. The maximum Gasteiger partial charge on any atom is 0.320 e. The van der Waals surface area contributed by atoms with E-state index in [1.54, 1.807) is 6.07 Å². The number of allylic oxidation sites excluding steroid dienone is 1. The van der Waals surface area contributed by atoms with Crippen molar-refractivity contribution in [1.82, 2.24) is 30.2 Å². The lowest BCUT2D eigenvalue weighted by atomic mass is 10.1. The summed E-state index contributed by atoms with van der Waals surface area (Å²) < 4.78 is 39.0. The van der Waals surface area contributed by atoms with Crippen LogP contribution in [-0.4, -0.2) is 84.3 Å². The number of urea groups is 1. The Kier molecular flexibility index (Phi) is 8.67. The van der Waals surface area contributed by atoms with Crippen LogP contribution >= 0.6 is 0 Å². The van der Waals surface area contributed by atoms with Crippen molar-refractivity contribution in [3.05, 3.63) is 48.6 Å². The van der Waals surface area contributed by atoms with E-state index in [2.05, 4.69) is 25.3 Å². The van der Waals surface area contributed by atoms with Crippen LogP contribution in [0.3, 0.4) is 0 Å². The number of nitrogens with one attached hydrogen (secondary N) is 3. The zero-order valence-electron chi connectivity index (χ0n) is 25.1. The standard InChI is InChI=1S/C31H38N6O7S/c1-43-29-33-24(20-10-6-5-7-11-20)17-26(34-29)44-22-16-25-27(38)35-31(28(39)36-45(41,42)23-13-14-23)18-21(31)12-8-3-2-4-9-15-32-30(40)37(25)19-22/h5-8,10-12,17,21-23,25H,2-4,9,13-16,18-19H2,1H3,(H,32,40)(H,35,38)(H,36,39)/b12-8-/t21-,22-,25+,31-/m1/s1. The van der Waals surface area contributed by atoms with Gasteiger partial charge >= 0.3 is 12.0 Å². The molecule has 13 nitrogen and oxygen atoms in total. The smallest absolute Gasteiger partial charge is 0.320 e. The Hall–Kier alpha value is -4.20. The summed E-state index contributed by atoms with van der Waals surface area (Å²) in [6, 6.07) is 9.87. The van der Waals surface area contributed by atoms with Gasteiger partial charge in [-0.2, -0.15) is 9.97 Å². The highest BCUT2D eigenvalue weighted by molar-refractivity contribution is 7.91. The van der Waals surface area contributed by atoms with Gasteiger partial charge in [0.25, 0.3) is 5.91 Å². The van der Waals surface area contributed by atoms with Crippen molar-refractivity contribution in [2.75, 3.05) is 20.2 Å². The molecular weight excluding hydrogens is 600 g/mol. The normalized spacial score (nSPS) is 27.8. The van der Waals surface area contributed by atoms with E-state index in [4.69, 9.17) is 9.47 Å². The number of hydrogen-bond acceptors (Lipinski definition) is 9. The minimum Gasteiger partial charge on any atom is -0.472 e. The van der Waals surface area contributed by atoms with Crippen LogP contribution in [0.4, 0.5) is 4.79 Å². The van der Waals surface area contributed by atoms with Crippen LogP contribution in [0.25, 0.3) is 11.3 Å². The molecule has 4 amide bonds. The highest BCUT2D eigenvalue weighted by Gasteiger charge is 2.62. The average molecular weight is 639 g/mol. The number of benzene rings is 1. The molecule has 1 aromatic heterocycles. The monoisotopic (exact) mass is 638 g/mol. The van der Waals surface area contributed by atoms with E-state index in [0.29, 0.717) is 25.1 Å². The third kappa shape index (κ3) is 6.90. The van der Waals surface area contributed by atoms with E-state index in [9.17, 15) is 22.8 Å². The second-order valence-electron chi connectivity index (χ2n) is 12.0. The van der Waals surface area contributed by atoms with Crippen molar-refractivity contribution in [2.45, 2.75) is 74.3 Å². The molecule has 4 atom stereocenters. The minimum absolute atomic E-state index is 0.0928. The Morgan fingerprint density at radius 2 is 1.91 bits per heavy atom. The fourth-order valence-electron chi connectivity index (χ4n) is 5.93. The first-order chi connectivity index (χ1) is 21.7. The first-order valence-electron chi connectivity index (χ1n) is 15.4. The van der Waals surface area contributed by atoms with Gasteiger partial charge in [-0.1, -0.05) is 48.9 Å². The van der Waals surface area contributed by atoms with Crippen LogP contribution in [0, 0.1) is 5.92 Å². The van der Waals surface area contributed by atoms with E-state index < -0.39 is 50.8 Å². The quantitative estimate of drug-likeness (QED) is 0.385. The van der Waals surface area contributed by atoms with Crippen LogP contribution in [0.1, 0.15) is 51.4 Å². The van der Waals surface area contributed by atoms with E-state index in [0.717, 1.165) is 31.2 Å². The van der Waals surface area contributed by atoms with Gasteiger partial charge in [-0.25, -0.2) is 13.2 Å². The third-order valence-corrected chi connectivity index (χ3v) is 10.5. The summed E-state index contributed by atoms with van der Waals surface area (Å²) in [7, 11) is -2.37. The zero-order valence-corrected chi connectivity index (χ0v) is 25.9. The summed E-state index contributed by atoms with van der Waals surface area (Å²) in [5.41, 5.74) is 0.00503. The van der Waals surface area contributed by atoms with Crippen molar-refractivity contribution in [3.8, 4) is 23.1 Å². The predicted octanol–water partition coefficient (Wildman–Crippen LogP) is 2.30. The van der Waals surface area contributed by atoms with Crippen LogP contribution in [0.2, 0.25) is 0 Å². The van der Waals surface area contributed by atoms with Gasteiger partial charge in [-0.05, 0) is 38.5 Å². The molecule has 3 N–H and O–H groups in total. The van der Waals surface area contributed by atoms with Gasteiger partial charge in [-0.3, -0.25) is 14.3 Å². The molecule has 1 saturated heterocycles. The van der Waals surface area contributed by atoms with Gasteiger partial charge in [0.1, 0.15) is 17.7 Å². The summed E-state index contributed by atoms with van der Waals surface area (Å²) in [6.07, 6.45) is 8.02. The van der Waals surface area contributed by atoms with Crippen molar-refractivity contribution >= 4 is 27.9 Å². The topological polar surface area (TPSA) is 169 Å². The number of aromatic nitrogens is 2. The second kappa shape index (κ2) is 12.7. The lowest BCUT2D eigenvalue weighted by Crippen LogP contribution is -2.57. The van der Waals surface area contributed by atoms with Crippen LogP contribution in [0.15, 0.2) is 48.6 Å². The van der Waals surface area contributed by atoms with Crippen LogP contribution < -0.4 is 24.8 Å². The molecule has 45 heavy (non-hydrogen) atoms. The molecule has 3 fully saturated rings. The molecule has 2 aromatic rings. The van der Waals surface area contributed by atoms with Gasteiger partial charge in [0.2, 0.25) is 21.8 Å². The Morgan fingerprint density at radius 1 is 1.11 bits per heavy atom. The van der Waals surface area contributed by atoms with Gasteiger partial charge in [0.05, 0.1) is 24.6 Å². The number of sulfonamides is 1. The number of carbonyl (C=O) groups excluding carboxylic acids is 3. The molecule has 3 heterocycles. The predicted molar refractivity (Wildman–Crippen MR) is 164 cm³/mol. The Morgan fingerprint density at radius 3 is 2.67 bits per heavy atom. The number of rotatable bonds is 7. The number of hydrogen-bond donors (Lipinski definition) is 3. The van der Waals surface area contributed by atoms with Gasteiger partial charge in [0, 0.05) is 30.5 Å². The largest absolute Gasteiger partial charge is 0.472 e. The summed E-state index contributed by atoms with van der Waals surface area (Å²) in [5, 5.41) is 5.18. The molecule has 14 heteroatoms. The van der Waals surface area contributed by atoms with E-state index in [1.807, 2.05) is 42.5 Å². The number of amides is 4. The van der Waals surface area contributed by atoms with Gasteiger partial charge < -0.3 is 25.0 Å². The lowest BCUT2D eigenvalue weighted by molar-refractivity contribution is -0.131. The summed E-state index contributed by atoms with van der Waals surface area (Å²) in [6.45, 7) is 0.548. The Labute approximate surface area is 262 Å². The summed E-state index contributed by atoms with van der Waals surface area (Å²) in [4.78, 5) is 50.8. The average Bonchev–Trinajstić information content (AvgIpc) is 3.95. The zero-order chi connectivity index (χ0) is 31.6. The molecular formula is C31H38N6O7S. The van der Waals surface area contributed by atoms with Crippen LogP contribution in [-0.2, 0) is 19.6 Å². The van der Waals surface area contributed by atoms with E-state index in [-0.39, 0.29) is 37.2 Å². The fraction of sp³-hybridized carbons (Fsp3) is 0.516. The Balaban J connectivity index is 1.24. The fourth-order valence-corrected chi connectivity index (χ4v) is 7.29. The molecule has 1 aromatic carbocycles. The highest BCUT2D eigenvalue weighted by Crippen LogP contribution is 2.46. The van der Waals surface area contributed by atoms with E-state index in [1.165, 1.54) is 12.0 Å². The molecule has 2 aliphatic carbocycles. The first kappa shape index (κ1) is 30.8. The molecule has 240 valence electrons. The molecule has 0 spiro atoms. The summed E-state index contributed by atoms with van der Waals surface area (Å²) >= 11 is 0. The highest BCUT2D eigenvalue weighted by atomic mass is 32.2. The van der Waals surface area contributed by atoms with Gasteiger partial charge in [-0.15, -0.1) is 0 Å². The molecule has 6 rings (SSSR count). The van der Waals surface area contributed by atoms with Gasteiger partial charge in [0.15, 0.2) is 0 Å². The lowest BCUT2D eigenvalue weighted by Gasteiger charge is -2.26. The molecule has 0 radical (unpaired) electrons. The van der Waals surface area contributed by atoms with Crippen LogP contribution in [0.5, 0.6) is 11.9 Å². The molecule has 0 bridgehead atoms. The van der Waals surface area contributed by atoms with Crippen molar-refractivity contribution < 1.29 is 32.3 Å². The molecule has 0 unspecified atom stereocenters. The number of nitrogens with zero attached hydrogens (tertiary/aromatic N) is 3. The second-order valence-corrected chi connectivity index (χ2v) is 14.0. The SMILES string of the molecule is COc1nc(O[C@@H]2C[C@H]3C(=O)N[C@]4(C(=O)NS(=O)(=O)C5CC5)C[C@H]4/C=C\CCCCCNC(=O)N3C2)cc(-c2ccccc2)n1. The van der Waals surface area contributed by atoms with E-state index >= 15 is 0 Å². The van der Waals surface area contributed by atoms with Crippen molar-refractivity contribution in [1.29, 1.82) is 0 Å². The first-order valence-corrected chi connectivity index (χ1v) is 17.0. The molecule has 4 aliphatic rings. The third-order valence-electron chi connectivity index (χ3n) is 8.70. The minimum atomic E-state index is -3.82. The van der Waals surface area contributed by atoms with Crippen molar-refractivity contribution in [3.63, 3.8) is 0 Å². The number of carbonyl (C=O) groups is 3. The number of fused-ring (bicyclic) bond motifs is 2. The van der Waals surface area contributed by atoms with Crippen molar-refractivity contribution in [2.24, 2.45) is 5.92 Å². The number of ether oxygens (including phenoxy) is 2. The summed E-state index contributed by atoms with van der Waals surface area (Å²) in [5.74, 6) is -1.43. The molecule has 2 aliphatic heterocycles.